The van der Waals surface area contributed by atoms with Gasteiger partial charge >= 0.3 is 0 Å². The van der Waals surface area contributed by atoms with Crippen LogP contribution in [-0.2, 0) is 0 Å². The quantitative estimate of drug-likeness (QED) is 0.801. The van der Waals surface area contributed by atoms with Crippen molar-refractivity contribution in [1.82, 2.24) is 4.90 Å². The van der Waals surface area contributed by atoms with E-state index in [0.717, 1.165) is 25.7 Å². The van der Waals surface area contributed by atoms with Crippen LogP contribution in [0.25, 0.3) is 0 Å². The maximum absolute atomic E-state index is 13.6. The van der Waals surface area contributed by atoms with Gasteiger partial charge in [0.05, 0.1) is 5.56 Å². The molecule has 0 bridgehead atoms. The molecular weight excluding hydrogens is 219 g/mol. The second-order valence-corrected chi connectivity index (χ2v) is 4.59. The molecule has 1 aromatic rings. The zero-order chi connectivity index (χ0) is 12.4. The summed E-state index contributed by atoms with van der Waals surface area (Å²) in [7, 11) is 1.74. The Hall–Kier alpha value is -1.58. The molecule has 2 N–H and O–H groups in total. The number of hydrogen-bond donors (Lipinski definition) is 1. The molecule has 2 rings (SSSR count). The molecular formula is C13H17FN2O. The number of amides is 1. The first-order valence-electron chi connectivity index (χ1n) is 5.92. The van der Waals surface area contributed by atoms with Crippen molar-refractivity contribution in [3.63, 3.8) is 0 Å². The summed E-state index contributed by atoms with van der Waals surface area (Å²) in [6.45, 7) is 0. The molecule has 17 heavy (non-hydrogen) atoms. The molecule has 0 heterocycles. The number of rotatable bonds is 2. The van der Waals surface area contributed by atoms with E-state index in [-0.39, 0.29) is 17.5 Å². The van der Waals surface area contributed by atoms with Gasteiger partial charge in [-0.2, -0.15) is 0 Å². The number of hydrogen-bond acceptors (Lipinski definition) is 2. The topological polar surface area (TPSA) is 46.3 Å². The average molecular weight is 236 g/mol. The van der Waals surface area contributed by atoms with Gasteiger partial charge in [-0.1, -0.05) is 12.8 Å². The third kappa shape index (κ3) is 2.40. The van der Waals surface area contributed by atoms with Gasteiger partial charge in [-0.3, -0.25) is 4.79 Å². The van der Waals surface area contributed by atoms with Crippen molar-refractivity contribution in [2.45, 2.75) is 31.7 Å². The van der Waals surface area contributed by atoms with Crippen LogP contribution in [0, 0.1) is 5.82 Å². The summed E-state index contributed by atoms with van der Waals surface area (Å²) in [4.78, 5) is 13.8. The second kappa shape index (κ2) is 4.73. The predicted octanol–water partition coefficient (Wildman–Crippen LogP) is 2.42. The Balaban J connectivity index is 2.20. The fourth-order valence-electron chi connectivity index (χ4n) is 2.35. The summed E-state index contributed by atoms with van der Waals surface area (Å²) < 4.78 is 13.6. The lowest BCUT2D eigenvalue weighted by Gasteiger charge is -2.24. The molecule has 0 saturated heterocycles. The van der Waals surface area contributed by atoms with Gasteiger partial charge in [0.2, 0.25) is 0 Å². The second-order valence-electron chi connectivity index (χ2n) is 4.59. The van der Waals surface area contributed by atoms with Crippen LogP contribution in [0.2, 0.25) is 0 Å². The summed E-state index contributed by atoms with van der Waals surface area (Å²) in [5, 5.41) is 0. The van der Waals surface area contributed by atoms with Crippen LogP contribution in [-0.4, -0.2) is 23.9 Å². The predicted molar refractivity (Wildman–Crippen MR) is 65.2 cm³/mol. The number of nitrogens with two attached hydrogens (primary N) is 1. The highest BCUT2D eigenvalue weighted by Gasteiger charge is 2.25. The van der Waals surface area contributed by atoms with Crippen LogP contribution in [0.1, 0.15) is 36.0 Å². The van der Waals surface area contributed by atoms with Gasteiger partial charge in [0, 0.05) is 18.8 Å². The molecule has 1 amide bonds. The number of anilines is 1. The summed E-state index contributed by atoms with van der Waals surface area (Å²) in [6, 6.07) is 4.35. The monoisotopic (exact) mass is 236 g/mol. The van der Waals surface area contributed by atoms with Crippen LogP contribution >= 0.6 is 0 Å². The minimum atomic E-state index is -0.506. The first-order valence-corrected chi connectivity index (χ1v) is 5.92. The van der Waals surface area contributed by atoms with E-state index >= 15 is 0 Å². The highest BCUT2D eigenvalue weighted by Crippen LogP contribution is 2.24. The summed E-state index contributed by atoms with van der Waals surface area (Å²) in [5.41, 5.74) is 6.06. The fraction of sp³-hybridized carbons (Fsp3) is 0.462. The molecule has 4 heteroatoms. The molecule has 0 aromatic heterocycles. The van der Waals surface area contributed by atoms with Crippen molar-refractivity contribution in [2.75, 3.05) is 12.8 Å². The van der Waals surface area contributed by atoms with Gasteiger partial charge in [-0.05, 0) is 31.0 Å². The lowest BCUT2D eigenvalue weighted by Crippen LogP contribution is -2.35. The van der Waals surface area contributed by atoms with Gasteiger partial charge in [-0.25, -0.2) is 4.39 Å². The van der Waals surface area contributed by atoms with Crippen LogP contribution in [0.15, 0.2) is 18.2 Å². The molecule has 1 aromatic carbocycles. The Morgan fingerprint density at radius 1 is 1.41 bits per heavy atom. The largest absolute Gasteiger partial charge is 0.399 e. The van der Waals surface area contributed by atoms with E-state index in [2.05, 4.69) is 0 Å². The number of nitrogen functional groups attached to an aromatic ring is 1. The van der Waals surface area contributed by atoms with Gasteiger partial charge in [-0.15, -0.1) is 0 Å². The van der Waals surface area contributed by atoms with Crippen molar-refractivity contribution in [1.29, 1.82) is 0 Å². The Morgan fingerprint density at radius 3 is 2.71 bits per heavy atom. The van der Waals surface area contributed by atoms with Gasteiger partial charge < -0.3 is 10.6 Å². The highest BCUT2D eigenvalue weighted by molar-refractivity contribution is 5.95. The van der Waals surface area contributed by atoms with Crippen LogP contribution in [0.3, 0.4) is 0 Å². The van der Waals surface area contributed by atoms with Crippen LogP contribution in [0.4, 0.5) is 10.1 Å². The standard InChI is InChI=1S/C13H17FN2O/c1-16(10-4-2-3-5-10)13(17)11-8-9(15)6-7-12(11)14/h6-8,10H,2-5,15H2,1H3. The summed E-state index contributed by atoms with van der Waals surface area (Å²) in [6.07, 6.45) is 4.29. The van der Waals surface area contributed by atoms with E-state index in [0.29, 0.717) is 5.69 Å². The van der Waals surface area contributed by atoms with E-state index in [9.17, 15) is 9.18 Å². The minimum absolute atomic E-state index is 0.0689. The van der Waals surface area contributed by atoms with Crippen LogP contribution in [0.5, 0.6) is 0 Å². The lowest BCUT2D eigenvalue weighted by atomic mass is 10.1. The maximum Gasteiger partial charge on any atom is 0.256 e. The van der Waals surface area contributed by atoms with E-state index in [1.54, 1.807) is 11.9 Å². The van der Waals surface area contributed by atoms with E-state index < -0.39 is 5.82 Å². The molecule has 92 valence electrons. The molecule has 0 radical (unpaired) electrons. The van der Waals surface area contributed by atoms with Crippen molar-refractivity contribution < 1.29 is 9.18 Å². The zero-order valence-corrected chi connectivity index (χ0v) is 9.95. The smallest absolute Gasteiger partial charge is 0.256 e. The van der Waals surface area contributed by atoms with Crippen molar-refractivity contribution in [3.05, 3.63) is 29.6 Å². The molecule has 0 aliphatic heterocycles. The van der Waals surface area contributed by atoms with E-state index in [4.69, 9.17) is 5.73 Å². The van der Waals surface area contributed by atoms with Crippen molar-refractivity contribution >= 4 is 11.6 Å². The molecule has 3 nitrogen and oxygen atoms in total. The van der Waals surface area contributed by atoms with Crippen molar-refractivity contribution in [3.8, 4) is 0 Å². The Labute approximate surface area is 100 Å². The fourth-order valence-corrected chi connectivity index (χ4v) is 2.35. The van der Waals surface area contributed by atoms with Gasteiger partial charge in [0.25, 0.3) is 5.91 Å². The van der Waals surface area contributed by atoms with Gasteiger partial charge in [0.1, 0.15) is 5.82 Å². The first-order chi connectivity index (χ1) is 8.09. The van der Waals surface area contributed by atoms with E-state index in [1.807, 2.05) is 0 Å². The minimum Gasteiger partial charge on any atom is -0.399 e. The Kier molecular flexibility index (Phi) is 3.31. The third-order valence-electron chi connectivity index (χ3n) is 3.41. The molecule has 1 aliphatic rings. The molecule has 0 spiro atoms. The number of carbonyl (C=O) groups is 1. The normalized spacial score (nSPS) is 16.1. The maximum atomic E-state index is 13.6. The average Bonchev–Trinajstić information content (AvgIpc) is 2.84. The molecule has 1 saturated carbocycles. The number of nitrogens with zero attached hydrogens (tertiary/aromatic N) is 1. The number of halogens is 1. The summed E-state index contributed by atoms with van der Waals surface area (Å²) in [5.74, 6) is -0.782. The van der Waals surface area contributed by atoms with Crippen molar-refractivity contribution in [2.24, 2.45) is 0 Å². The first kappa shape index (κ1) is 11.9. The van der Waals surface area contributed by atoms with Gasteiger partial charge in [0.15, 0.2) is 0 Å². The third-order valence-corrected chi connectivity index (χ3v) is 3.41. The number of benzene rings is 1. The lowest BCUT2D eigenvalue weighted by molar-refractivity contribution is 0.0730. The zero-order valence-electron chi connectivity index (χ0n) is 9.95. The SMILES string of the molecule is CN(C(=O)c1cc(N)ccc1F)C1CCCC1. The Bertz CT molecular complexity index is 427. The van der Waals surface area contributed by atoms with Crippen LogP contribution < -0.4 is 5.73 Å². The number of carbonyl (C=O) groups excluding carboxylic acids is 1. The van der Waals surface area contributed by atoms with E-state index in [1.165, 1.54) is 18.2 Å². The molecule has 0 unspecified atom stereocenters. The summed E-state index contributed by atoms with van der Waals surface area (Å²) >= 11 is 0. The highest BCUT2D eigenvalue weighted by atomic mass is 19.1. The molecule has 1 fully saturated rings. The molecule has 1 aliphatic carbocycles. The molecule has 0 atom stereocenters. The Morgan fingerprint density at radius 2 is 2.06 bits per heavy atom.